The Morgan fingerprint density at radius 3 is 2.43 bits per heavy atom. The van der Waals surface area contributed by atoms with E-state index in [9.17, 15) is 4.79 Å². The SMILES string of the molecule is CCN(C(=O)CSc1ccc(N)cc1)c1ccccc1C. The average Bonchev–Trinajstić information content (AvgIpc) is 2.49. The number of hydrogen-bond acceptors (Lipinski definition) is 3. The minimum absolute atomic E-state index is 0.119. The third kappa shape index (κ3) is 4.02. The Morgan fingerprint density at radius 1 is 1.14 bits per heavy atom. The molecule has 0 atom stereocenters. The number of nitrogen functional groups attached to an aromatic ring is 1. The number of carbonyl (C=O) groups excluding carboxylic acids is 1. The molecule has 4 heteroatoms. The lowest BCUT2D eigenvalue weighted by Gasteiger charge is -2.22. The summed E-state index contributed by atoms with van der Waals surface area (Å²) >= 11 is 1.53. The normalized spacial score (nSPS) is 10.4. The second kappa shape index (κ2) is 7.18. The van der Waals surface area contributed by atoms with Gasteiger partial charge >= 0.3 is 0 Å². The molecule has 0 saturated carbocycles. The molecule has 3 nitrogen and oxygen atoms in total. The Kier molecular flexibility index (Phi) is 5.28. The van der Waals surface area contributed by atoms with E-state index in [0.29, 0.717) is 12.3 Å². The summed E-state index contributed by atoms with van der Waals surface area (Å²) < 4.78 is 0. The molecule has 0 aromatic heterocycles. The van der Waals surface area contributed by atoms with Crippen LogP contribution in [0.25, 0.3) is 0 Å². The van der Waals surface area contributed by atoms with Crippen molar-refractivity contribution in [2.45, 2.75) is 18.7 Å². The van der Waals surface area contributed by atoms with Crippen LogP contribution in [-0.4, -0.2) is 18.2 Å². The van der Waals surface area contributed by atoms with Crippen molar-refractivity contribution in [3.63, 3.8) is 0 Å². The van der Waals surface area contributed by atoms with Gasteiger partial charge in [-0.1, -0.05) is 18.2 Å². The average molecular weight is 300 g/mol. The summed E-state index contributed by atoms with van der Waals surface area (Å²) in [5.41, 5.74) is 8.50. The van der Waals surface area contributed by atoms with Gasteiger partial charge in [0.15, 0.2) is 0 Å². The number of amides is 1. The van der Waals surface area contributed by atoms with Gasteiger partial charge in [-0.2, -0.15) is 0 Å². The Hall–Kier alpha value is -1.94. The van der Waals surface area contributed by atoms with Crippen LogP contribution in [0, 0.1) is 6.92 Å². The zero-order chi connectivity index (χ0) is 15.2. The summed E-state index contributed by atoms with van der Waals surface area (Å²) in [6, 6.07) is 15.6. The van der Waals surface area contributed by atoms with Gasteiger partial charge in [0.25, 0.3) is 0 Å². The van der Waals surface area contributed by atoms with Gasteiger partial charge in [0.05, 0.1) is 5.75 Å². The fraction of sp³-hybridized carbons (Fsp3) is 0.235. The van der Waals surface area contributed by atoms with E-state index in [1.165, 1.54) is 11.8 Å². The van der Waals surface area contributed by atoms with Crippen molar-refractivity contribution in [2.24, 2.45) is 0 Å². The summed E-state index contributed by atoms with van der Waals surface area (Å²) in [6.45, 7) is 4.70. The van der Waals surface area contributed by atoms with E-state index in [2.05, 4.69) is 0 Å². The molecule has 0 saturated heterocycles. The number of thioether (sulfide) groups is 1. The molecule has 21 heavy (non-hydrogen) atoms. The molecule has 2 N–H and O–H groups in total. The van der Waals surface area contributed by atoms with E-state index >= 15 is 0 Å². The molecule has 0 fully saturated rings. The Bertz CT molecular complexity index is 610. The lowest BCUT2D eigenvalue weighted by molar-refractivity contribution is -0.116. The first kappa shape index (κ1) is 15.4. The predicted molar refractivity (Wildman–Crippen MR) is 90.8 cm³/mol. The molecular weight excluding hydrogens is 280 g/mol. The van der Waals surface area contributed by atoms with Crippen LogP contribution in [0.15, 0.2) is 53.4 Å². The van der Waals surface area contributed by atoms with E-state index in [4.69, 9.17) is 5.73 Å². The number of aryl methyl sites for hydroxylation is 1. The number of rotatable bonds is 5. The topological polar surface area (TPSA) is 46.3 Å². The number of anilines is 2. The molecule has 2 rings (SSSR count). The monoisotopic (exact) mass is 300 g/mol. The fourth-order valence-corrected chi connectivity index (χ4v) is 2.91. The van der Waals surface area contributed by atoms with Crippen LogP contribution in [0.5, 0.6) is 0 Å². The molecular formula is C17H20N2OS. The minimum Gasteiger partial charge on any atom is -0.399 e. The van der Waals surface area contributed by atoms with Gasteiger partial charge in [-0.3, -0.25) is 4.79 Å². The molecule has 0 aliphatic heterocycles. The van der Waals surface area contributed by atoms with Crippen LogP contribution in [0.3, 0.4) is 0 Å². The largest absolute Gasteiger partial charge is 0.399 e. The van der Waals surface area contributed by atoms with Gasteiger partial charge in [0, 0.05) is 22.8 Å². The van der Waals surface area contributed by atoms with E-state index in [-0.39, 0.29) is 5.91 Å². The van der Waals surface area contributed by atoms with E-state index in [1.54, 1.807) is 0 Å². The summed E-state index contributed by atoms with van der Waals surface area (Å²) in [5.74, 6) is 0.542. The van der Waals surface area contributed by atoms with Crippen LogP contribution < -0.4 is 10.6 Å². The summed E-state index contributed by atoms with van der Waals surface area (Å²) in [4.78, 5) is 15.3. The third-order valence-electron chi connectivity index (χ3n) is 3.27. The maximum absolute atomic E-state index is 12.4. The first-order chi connectivity index (χ1) is 10.1. The van der Waals surface area contributed by atoms with Crippen molar-refractivity contribution < 1.29 is 4.79 Å². The van der Waals surface area contributed by atoms with Crippen LogP contribution in [-0.2, 0) is 4.79 Å². The van der Waals surface area contributed by atoms with E-state index in [0.717, 1.165) is 21.8 Å². The molecule has 0 radical (unpaired) electrons. The number of nitrogens with two attached hydrogens (primary N) is 1. The third-order valence-corrected chi connectivity index (χ3v) is 4.26. The summed E-state index contributed by atoms with van der Waals surface area (Å²) in [5, 5.41) is 0. The van der Waals surface area contributed by atoms with Crippen molar-refractivity contribution in [1.82, 2.24) is 0 Å². The number of carbonyl (C=O) groups is 1. The second-order valence-electron chi connectivity index (χ2n) is 4.78. The first-order valence-electron chi connectivity index (χ1n) is 6.96. The summed E-state index contributed by atoms with van der Waals surface area (Å²) in [6.07, 6.45) is 0. The van der Waals surface area contributed by atoms with Crippen molar-refractivity contribution in [1.29, 1.82) is 0 Å². The highest BCUT2D eigenvalue weighted by Crippen LogP contribution is 2.23. The predicted octanol–water partition coefficient (Wildman–Crippen LogP) is 3.72. The number of benzene rings is 2. The molecule has 0 bridgehead atoms. The zero-order valence-corrected chi connectivity index (χ0v) is 13.2. The quantitative estimate of drug-likeness (QED) is 0.676. The molecule has 0 unspecified atom stereocenters. The van der Waals surface area contributed by atoms with Gasteiger partial charge < -0.3 is 10.6 Å². The molecule has 0 spiro atoms. The van der Waals surface area contributed by atoms with Gasteiger partial charge in [-0.15, -0.1) is 11.8 Å². The molecule has 0 aliphatic rings. The molecule has 1 amide bonds. The van der Waals surface area contributed by atoms with E-state index < -0.39 is 0 Å². The van der Waals surface area contributed by atoms with Crippen molar-refractivity contribution in [3.05, 3.63) is 54.1 Å². The van der Waals surface area contributed by atoms with Gasteiger partial charge in [0.2, 0.25) is 5.91 Å². The molecule has 0 heterocycles. The molecule has 2 aromatic rings. The maximum atomic E-state index is 12.4. The second-order valence-corrected chi connectivity index (χ2v) is 5.83. The maximum Gasteiger partial charge on any atom is 0.237 e. The van der Waals surface area contributed by atoms with Crippen molar-refractivity contribution in [2.75, 3.05) is 22.9 Å². The number of para-hydroxylation sites is 1. The standard InChI is InChI=1S/C17H20N2OS/c1-3-19(16-7-5-4-6-13(16)2)17(20)12-21-15-10-8-14(18)9-11-15/h4-11H,3,12,18H2,1-2H3. The fourth-order valence-electron chi connectivity index (χ4n) is 2.13. The van der Waals surface area contributed by atoms with Crippen LogP contribution in [0.2, 0.25) is 0 Å². The van der Waals surface area contributed by atoms with Gasteiger partial charge in [-0.25, -0.2) is 0 Å². The Labute approximate surface area is 130 Å². The molecule has 0 aliphatic carbocycles. The van der Waals surface area contributed by atoms with Gasteiger partial charge in [0.1, 0.15) is 0 Å². The van der Waals surface area contributed by atoms with Crippen molar-refractivity contribution in [3.8, 4) is 0 Å². The highest BCUT2D eigenvalue weighted by Gasteiger charge is 2.15. The lowest BCUT2D eigenvalue weighted by atomic mass is 10.2. The van der Waals surface area contributed by atoms with Gasteiger partial charge in [-0.05, 0) is 49.7 Å². The first-order valence-corrected chi connectivity index (χ1v) is 7.94. The van der Waals surface area contributed by atoms with E-state index in [1.807, 2.05) is 67.3 Å². The highest BCUT2D eigenvalue weighted by molar-refractivity contribution is 8.00. The van der Waals surface area contributed by atoms with Crippen LogP contribution >= 0.6 is 11.8 Å². The lowest BCUT2D eigenvalue weighted by Crippen LogP contribution is -2.32. The Balaban J connectivity index is 2.04. The van der Waals surface area contributed by atoms with Crippen LogP contribution in [0.4, 0.5) is 11.4 Å². The minimum atomic E-state index is 0.119. The number of hydrogen-bond donors (Lipinski definition) is 1. The van der Waals surface area contributed by atoms with Crippen LogP contribution in [0.1, 0.15) is 12.5 Å². The van der Waals surface area contributed by atoms with Crippen molar-refractivity contribution >= 4 is 29.0 Å². The smallest absolute Gasteiger partial charge is 0.237 e. The Morgan fingerprint density at radius 2 is 1.81 bits per heavy atom. The highest BCUT2D eigenvalue weighted by atomic mass is 32.2. The summed E-state index contributed by atoms with van der Waals surface area (Å²) in [7, 11) is 0. The molecule has 110 valence electrons. The molecule has 2 aromatic carbocycles. The number of nitrogens with zero attached hydrogens (tertiary/aromatic N) is 1. The zero-order valence-electron chi connectivity index (χ0n) is 12.4.